The van der Waals surface area contributed by atoms with E-state index in [1.807, 2.05) is 13.8 Å². The third-order valence-corrected chi connectivity index (χ3v) is 3.01. The van der Waals surface area contributed by atoms with E-state index in [0.717, 1.165) is 0 Å². The zero-order valence-corrected chi connectivity index (χ0v) is 11.3. The average Bonchev–Trinajstić information content (AvgIpc) is 2.27. The van der Waals surface area contributed by atoms with Crippen LogP contribution >= 0.6 is 0 Å². The van der Waals surface area contributed by atoms with Gasteiger partial charge in [-0.05, 0) is 11.6 Å². The van der Waals surface area contributed by atoms with Crippen LogP contribution in [0.4, 0.5) is 4.39 Å². The van der Waals surface area contributed by atoms with E-state index in [0.29, 0.717) is 18.7 Å². The highest BCUT2D eigenvalue weighted by atomic mass is 19.1. The summed E-state index contributed by atoms with van der Waals surface area (Å²) in [5.41, 5.74) is 5.91. The minimum atomic E-state index is -0.914. The van der Waals surface area contributed by atoms with E-state index in [-0.39, 0.29) is 17.7 Å². The van der Waals surface area contributed by atoms with Gasteiger partial charge in [0, 0.05) is 24.5 Å². The van der Waals surface area contributed by atoms with Gasteiger partial charge in [0.15, 0.2) is 0 Å². The number of aliphatic carboxylic acids is 1. The number of hydrogen-bond donors (Lipinski definition) is 3. The fourth-order valence-corrected chi connectivity index (χ4v) is 1.97. The number of hydrogen-bond acceptors (Lipinski definition) is 3. The molecule has 0 bridgehead atoms. The van der Waals surface area contributed by atoms with Crippen molar-refractivity contribution in [3.63, 3.8) is 0 Å². The van der Waals surface area contributed by atoms with Crippen molar-refractivity contribution in [3.8, 4) is 0 Å². The van der Waals surface area contributed by atoms with Crippen molar-refractivity contribution in [3.05, 3.63) is 35.6 Å². The first-order valence-corrected chi connectivity index (χ1v) is 6.26. The number of carbonyl (C=O) groups is 1. The summed E-state index contributed by atoms with van der Waals surface area (Å²) in [7, 11) is 0. The maximum absolute atomic E-state index is 13.7. The molecule has 1 aromatic rings. The largest absolute Gasteiger partial charge is 0.481 e. The van der Waals surface area contributed by atoms with Gasteiger partial charge >= 0.3 is 5.97 Å². The molecule has 19 heavy (non-hydrogen) atoms. The van der Waals surface area contributed by atoms with Crippen LogP contribution in [0.2, 0.25) is 0 Å². The summed E-state index contributed by atoms with van der Waals surface area (Å²) < 4.78 is 13.7. The van der Waals surface area contributed by atoms with E-state index in [2.05, 4.69) is 5.32 Å². The molecule has 106 valence electrons. The summed E-state index contributed by atoms with van der Waals surface area (Å²) in [4.78, 5) is 10.5. The number of carboxylic acid groups (broad SMARTS) is 1. The molecule has 4 nitrogen and oxygen atoms in total. The minimum Gasteiger partial charge on any atom is -0.481 e. The maximum Gasteiger partial charge on any atom is 0.304 e. The molecule has 0 fully saturated rings. The van der Waals surface area contributed by atoms with Gasteiger partial charge in [0.05, 0.1) is 6.42 Å². The molecule has 1 unspecified atom stereocenters. The fourth-order valence-electron chi connectivity index (χ4n) is 1.97. The predicted molar refractivity (Wildman–Crippen MR) is 72.5 cm³/mol. The number of rotatable bonds is 7. The molecule has 0 aliphatic carbocycles. The Kier molecular flexibility index (Phi) is 5.44. The van der Waals surface area contributed by atoms with Crippen molar-refractivity contribution in [2.75, 3.05) is 13.1 Å². The second kappa shape index (κ2) is 6.63. The van der Waals surface area contributed by atoms with Crippen molar-refractivity contribution in [2.24, 2.45) is 5.73 Å². The molecule has 0 radical (unpaired) electrons. The molecule has 0 saturated carbocycles. The van der Waals surface area contributed by atoms with Crippen molar-refractivity contribution in [1.82, 2.24) is 5.32 Å². The second-order valence-corrected chi connectivity index (χ2v) is 5.35. The summed E-state index contributed by atoms with van der Waals surface area (Å²) in [6, 6.07) is 6.22. The fraction of sp³-hybridized carbons (Fsp3) is 0.500. The Balaban J connectivity index is 2.52. The molecule has 1 aromatic carbocycles. The monoisotopic (exact) mass is 268 g/mol. The third-order valence-electron chi connectivity index (χ3n) is 3.01. The molecule has 0 spiro atoms. The van der Waals surface area contributed by atoms with Crippen LogP contribution in [0.15, 0.2) is 24.3 Å². The predicted octanol–water partition coefficient (Wildman–Crippen LogP) is 1.49. The third kappa shape index (κ3) is 4.96. The molecule has 0 heterocycles. The number of benzene rings is 1. The number of carboxylic acids is 1. The van der Waals surface area contributed by atoms with Gasteiger partial charge in [-0.15, -0.1) is 0 Å². The molecule has 1 rings (SSSR count). The van der Waals surface area contributed by atoms with Gasteiger partial charge < -0.3 is 16.2 Å². The molecular formula is C14H21FN2O2. The van der Waals surface area contributed by atoms with Gasteiger partial charge in [-0.25, -0.2) is 4.39 Å². The highest BCUT2D eigenvalue weighted by molar-refractivity contribution is 5.67. The van der Waals surface area contributed by atoms with Crippen molar-refractivity contribution < 1.29 is 14.3 Å². The Hall–Kier alpha value is -1.46. The zero-order chi connectivity index (χ0) is 14.5. The molecule has 0 saturated heterocycles. The molecule has 4 N–H and O–H groups in total. The van der Waals surface area contributed by atoms with Gasteiger partial charge in [-0.2, -0.15) is 0 Å². The van der Waals surface area contributed by atoms with Gasteiger partial charge in [0.2, 0.25) is 0 Å². The highest BCUT2D eigenvalue weighted by Gasteiger charge is 2.23. The Morgan fingerprint density at radius 1 is 1.47 bits per heavy atom. The molecule has 0 aromatic heterocycles. The molecule has 0 amide bonds. The zero-order valence-electron chi connectivity index (χ0n) is 11.3. The molecule has 0 aliphatic heterocycles. The van der Waals surface area contributed by atoms with Crippen LogP contribution in [0, 0.1) is 5.82 Å². The molecule has 0 aliphatic rings. The molecular weight excluding hydrogens is 247 g/mol. The van der Waals surface area contributed by atoms with Crippen LogP contribution in [0.5, 0.6) is 0 Å². The smallest absolute Gasteiger partial charge is 0.304 e. The van der Waals surface area contributed by atoms with Crippen molar-refractivity contribution >= 4 is 5.97 Å². The molecule has 5 heteroatoms. The van der Waals surface area contributed by atoms with E-state index in [4.69, 9.17) is 10.8 Å². The Labute approximate surface area is 112 Å². The van der Waals surface area contributed by atoms with Crippen LogP contribution < -0.4 is 11.1 Å². The van der Waals surface area contributed by atoms with Crippen LogP contribution in [-0.2, 0) is 10.2 Å². The van der Waals surface area contributed by atoms with Crippen molar-refractivity contribution in [1.29, 1.82) is 0 Å². The first kappa shape index (κ1) is 15.6. The van der Waals surface area contributed by atoms with Gasteiger partial charge in [-0.3, -0.25) is 4.79 Å². The number of nitrogens with one attached hydrogen (secondary N) is 1. The van der Waals surface area contributed by atoms with E-state index in [9.17, 15) is 9.18 Å². The van der Waals surface area contributed by atoms with E-state index < -0.39 is 12.0 Å². The Bertz CT molecular complexity index is 435. The van der Waals surface area contributed by atoms with Crippen LogP contribution in [0.3, 0.4) is 0 Å². The van der Waals surface area contributed by atoms with Gasteiger partial charge in [-0.1, -0.05) is 32.0 Å². The normalized spacial score (nSPS) is 13.3. The Morgan fingerprint density at radius 3 is 2.68 bits per heavy atom. The number of nitrogens with two attached hydrogens (primary N) is 1. The standard InChI is InChI=1S/C14H21FN2O2/c1-14(2,11-5-3-4-6-12(11)15)9-17-8-10(16)7-13(18)19/h3-6,10,17H,7-9,16H2,1-2H3,(H,18,19). The maximum atomic E-state index is 13.7. The van der Waals surface area contributed by atoms with Gasteiger partial charge in [0.1, 0.15) is 5.82 Å². The molecule has 1 atom stereocenters. The number of halogens is 1. The Morgan fingerprint density at radius 2 is 2.11 bits per heavy atom. The second-order valence-electron chi connectivity index (χ2n) is 5.35. The minimum absolute atomic E-state index is 0.0763. The lowest BCUT2D eigenvalue weighted by atomic mass is 9.84. The quantitative estimate of drug-likeness (QED) is 0.700. The lowest BCUT2D eigenvalue weighted by molar-refractivity contribution is -0.137. The SMILES string of the molecule is CC(C)(CNCC(N)CC(=O)O)c1ccccc1F. The first-order valence-electron chi connectivity index (χ1n) is 6.26. The lowest BCUT2D eigenvalue weighted by Crippen LogP contribution is -2.41. The first-order chi connectivity index (χ1) is 8.83. The lowest BCUT2D eigenvalue weighted by Gasteiger charge is -2.27. The summed E-state index contributed by atoms with van der Waals surface area (Å²) >= 11 is 0. The van der Waals surface area contributed by atoms with Crippen LogP contribution in [0.1, 0.15) is 25.8 Å². The average molecular weight is 268 g/mol. The van der Waals surface area contributed by atoms with Crippen LogP contribution in [0.25, 0.3) is 0 Å². The highest BCUT2D eigenvalue weighted by Crippen LogP contribution is 2.24. The van der Waals surface area contributed by atoms with E-state index >= 15 is 0 Å². The van der Waals surface area contributed by atoms with E-state index in [1.165, 1.54) is 6.07 Å². The van der Waals surface area contributed by atoms with Crippen molar-refractivity contribution in [2.45, 2.75) is 31.7 Å². The summed E-state index contributed by atoms with van der Waals surface area (Å²) in [5, 5.41) is 11.7. The van der Waals surface area contributed by atoms with E-state index in [1.54, 1.807) is 18.2 Å². The summed E-state index contributed by atoms with van der Waals surface area (Å²) in [6.07, 6.45) is -0.0763. The summed E-state index contributed by atoms with van der Waals surface area (Å²) in [6.45, 7) is 4.79. The van der Waals surface area contributed by atoms with Gasteiger partial charge in [0.25, 0.3) is 0 Å². The van der Waals surface area contributed by atoms with Crippen LogP contribution in [-0.4, -0.2) is 30.2 Å². The summed E-state index contributed by atoms with van der Waals surface area (Å²) in [5.74, 6) is -1.15. The topological polar surface area (TPSA) is 75.3 Å².